The SMILES string of the molecule is CC1CCNCC1.CN1CCN(CCO)CC1. The summed E-state index contributed by atoms with van der Waals surface area (Å²) in [5, 5.41) is 11.9. The molecule has 2 N–H and O–H groups in total. The number of aliphatic hydroxyl groups is 1. The van der Waals surface area contributed by atoms with Gasteiger partial charge < -0.3 is 15.3 Å². The number of β-amino-alcohol motifs (C(OH)–C–C–N with tert-alkyl or cyclic N) is 1. The third kappa shape index (κ3) is 6.99. The lowest BCUT2D eigenvalue weighted by Crippen LogP contribution is -2.45. The fraction of sp³-hybridized carbons (Fsp3) is 1.00. The molecule has 0 atom stereocenters. The van der Waals surface area contributed by atoms with Gasteiger partial charge in [-0.2, -0.15) is 0 Å². The van der Waals surface area contributed by atoms with E-state index in [1.165, 1.54) is 25.9 Å². The minimum Gasteiger partial charge on any atom is -0.395 e. The van der Waals surface area contributed by atoms with E-state index in [-0.39, 0.29) is 0 Å². The number of piperidine rings is 1. The fourth-order valence-electron chi connectivity index (χ4n) is 2.18. The first-order chi connectivity index (χ1) is 8.22. The molecular weight excluding hydrogens is 214 g/mol. The molecule has 4 nitrogen and oxygen atoms in total. The summed E-state index contributed by atoms with van der Waals surface area (Å²) in [4.78, 5) is 4.61. The summed E-state index contributed by atoms with van der Waals surface area (Å²) in [5.74, 6) is 0.973. The molecule has 0 aliphatic carbocycles. The Kier molecular flexibility index (Phi) is 7.77. The van der Waals surface area contributed by atoms with Crippen molar-refractivity contribution in [1.82, 2.24) is 15.1 Å². The molecule has 2 heterocycles. The molecule has 2 aliphatic heterocycles. The normalized spacial score (nSPS) is 24.2. The second-order valence-electron chi connectivity index (χ2n) is 5.30. The molecular formula is C13H29N3O. The Bertz CT molecular complexity index is 176. The highest BCUT2D eigenvalue weighted by atomic mass is 16.3. The van der Waals surface area contributed by atoms with Crippen LogP contribution < -0.4 is 5.32 Å². The maximum absolute atomic E-state index is 8.63. The van der Waals surface area contributed by atoms with Gasteiger partial charge in [0.2, 0.25) is 0 Å². The summed E-state index contributed by atoms with van der Waals surface area (Å²) in [6.07, 6.45) is 2.75. The molecule has 0 bridgehead atoms. The molecule has 2 fully saturated rings. The van der Waals surface area contributed by atoms with Gasteiger partial charge in [0.1, 0.15) is 0 Å². The molecule has 0 amide bonds. The summed E-state index contributed by atoms with van der Waals surface area (Å²) < 4.78 is 0. The number of rotatable bonds is 2. The summed E-state index contributed by atoms with van der Waals surface area (Å²) in [6.45, 7) is 10.4. The van der Waals surface area contributed by atoms with Crippen molar-refractivity contribution in [3.63, 3.8) is 0 Å². The number of piperazine rings is 1. The Morgan fingerprint density at radius 2 is 1.71 bits per heavy atom. The van der Waals surface area contributed by atoms with Crippen LogP contribution in [0.25, 0.3) is 0 Å². The van der Waals surface area contributed by atoms with E-state index in [2.05, 4.69) is 29.1 Å². The predicted octanol–water partition coefficient (Wildman–Crippen LogP) is 0.232. The maximum atomic E-state index is 8.63. The van der Waals surface area contributed by atoms with Gasteiger partial charge in [-0.25, -0.2) is 0 Å². The number of hydrogen-bond acceptors (Lipinski definition) is 4. The first kappa shape index (κ1) is 14.9. The van der Waals surface area contributed by atoms with Gasteiger partial charge in [-0.05, 0) is 38.9 Å². The van der Waals surface area contributed by atoms with Crippen molar-refractivity contribution >= 4 is 0 Å². The molecule has 2 saturated heterocycles. The number of nitrogens with one attached hydrogen (secondary N) is 1. The van der Waals surface area contributed by atoms with Crippen molar-refractivity contribution in [2.45, 2.75) is 19.8 Å². The smallest absolute Gasteiger partial charge is 0.0558 e. The van der Waals surface area contributed by atoms with Crippen molar-refractivity contribution in [3.05, 3.63) is 0 Å². The van der Waals surface area contributed by atoms with Crippen molar-refractivity contribution in [2.24, 2.45) is 5.92 Å². The van der Waals surface area contributed by atoms with E-state index in [0.29, 0.717) is 6.61 Å². The van der Waals surface area contributed by atoms with E-state index < -0.39 is 0 Å². The summed E-state index contributed by atoms with van der Waals surface area (Å²) >= 11 is 0. The molecule has 102 valence electrons. The van der Waals surface area contributed by atoms with Crippen LogP contribution in [-0.2, 0) is 0 Å². The van der Waals surface area contributed by atoms with Crippen molar-refractivity contribution in [2.75, 3.05) is 59.5 Å². The van der Waals surface area contributed by atoms with Gasteiger partial charge in [-0.3, -0.25) is 4.90 Å². The Balaban J connectivity index is 0.000000181. The van der Waals surface area contributed by atoms with E-state index in [0.717, 1.165) is 38.6 Å². The Labute approximate surface area is 106 Å². The minimum atomic E-state index is 0.295. The average Bonchev–Trinajstić information content (AvgIpc) is 2.34. The number of likely N-dealkylation sites (N-methyl/N-ethyl adjacent to an activating group) is 1. The number of hydrogen-bond donors (Lipinski definition) is 2. The van der Waals surface area contributed by atoms with Crippen LogP contribution >= 0.6 is 0 Å². The van der Waals surface area contributed by atoms with Crippen molar-refractivity contribution < 1.29 is 5.11 Å². The molecule has 2 rings (SSSR count). The van der Waals surface area contributed by atoms with E-state index in [1.807, 2.05) is 0 Å². The molecule has 0 radical (unpaired) electrons. The van der Waals surface area contributed by atoms with Crippen LogP contribution in [0.4, 0.5) is 0 Å². The zero-order valence-corrected chi connectivity index (χ0v) is 11.5. The predicted molar refractivity (Wildman–Crippen MR) is 72.3 cm³/mol. The zero-order chi connectivity index (χ0) is 12.5. The zero-order valence-electron chi connectivity index (χ0n) is 11.5. The minimum absolute atomic E-state index is 0.295. The van der Waals surface area contributed by atoms with Crippen LogP contribution in [0, 0.1) is 5.92 Å². The fourth-order valence-corrected chi connectivity index (χ4v) is 2.18. The second kappa shape index (κ2) is 8.86. The highest BCUT2D eigenvalue weighted by Crippen LogP contribution is 2.08. The van der Waals surface area contributed by atoms with Gasteiger partial charge in [0.25, 0.3) is 0 Å². The van der Waals surface area contributed by atoms with Crippen LogP contribution in [0.15, 0.2) is 0 Å². The van der Waals surface area contributed by atoms with Gasteiger partial charge in [-0.1, -0.05) is 6.92 Å². The first-order valence-corrected chi connectivity index (χ1v) is 6.95. The monoisotopic (exact) mass is 243 g/mol. The Hall–Kier alpha value is -0.160. The summed E-state index contributed by atoms with van der Waals surface area (Å²) in [5.41, 5.74) is 0. The molecule has 0 aromatic carbocycles. The molecule has 0 saturated carbocycles. The second-order valence-corrected chi connectivity index (χ2v) is 5.30. The molecule has 4 heteroatoms. The van der Waals surface area contributed by atoms with Crippen molar-refractivity contribution in [3.8, 4) is 0 Å². The van der Waals surface area contributed by atoms with Crippen molar-refractivity contribution in [1.29, 1.82) is 0 Å². The largest absolute Gasteiger partial charge is 0.395 e. The maximum Gasteiger partial charge on any atom is 0.0558 e. The average molecular weight is 243 g/mol. The van der Waals surface area contributed by atoms with Gasteiger partial charge in [0.05, 0.1) is 6.61 Å². The lowest BCUT2D eigenvalue weighted by Gasteiger charge is -2.31. The molecule has 17 heavy (non-hydrogen) atoms. The van der Waals surface area contributed by atoms with Crippen LogP contribution in [0.3, 0.4) is 0 Å². The Morgan fingerprint density at radius 3 is 2.12 bits per heavy atom. The van der Waals surface area contributed by atoms with E-state index in [9.17, 15) is 0 Å². The third-order valence-electron chi connectivity index (χ3n) is 3.64. The number of aliphatic hydroxyl groups excluding tert-OH is 1. The van der Waals surface area contributed by atoms with Gasteiger partial charge in [-0.15, -0.1) is 0 Å². The molecule has 0 unspecified atom stereocenters. The summed E-state index contributed by atoms with van der Waals surface area (Å²) in [6, 6.07) is 0. The van der Waals surface area contributed by atoms with Crippen LogP contribution in [-0.4, -0.2) is 74.4 Å². The van der Waals surface area contributed by atoms with Crippen LogP contribution in [0.2, 0.25) is 0 Å². The highest BCUT2D eigenvalue weighted by Gasteiger charge is 2.11. The van der Waals surface area contributed by atoms with Crippen LogP contribution in [0.5, 0.6) is 0 Å². The van der Waals surface area contributed by atoms with E-state index in [1.54, 1.807) is 0 Å². The van der Waals surface area contributed by atoms with E-state index >= 15 is 0 Å². The van der Waals surface area contributed by atoms with Gasteiger partial charge in [0.15, 0.2) is 0 Å². The van der Waals surface area contributed by atoms with E-state index in [4.69, 9.17) is 5.11 Å². The van der Waals surface area contributed by atoms with Gasteiger partial charge >= 0.3 is 0 Å². The number of nitrogens with zero attached hydrogens (tertiary/aromatic N) is 2. The van der Waals surface area contributed by atoms with Crippen LogP contribution in [0.1, 0.15) is 19.8 Å². The standard InChI is InChI=1S/C7H16N2O.C6H13N/c1-8-2-4-9(5-3-8)6-7-10;1-6-2-4-7-5-3-6/h10H,2-7H2,1H3;6-7H,2-5H2,1H3. The lowest BCUT2D eigenvalue weighted by molar-refractivity contribution is 0.128. The first-order valence-electron chi connectivity index (χ1n) is 6.95. The topological polar surface area (TPSA) is 38.7 Å². The summed E-state index contributed by atoms with van der Waals surface area (Å²) in [7, 11) is 2.14. The van der Waals surface area contributed by atoms with Gasteiger partial charge in [0, 0.05) is 32.7 Å². The highest BCUT2D eigenvalue weighted by molar-refractivity contribution is 4.68. The molecule has 0 aromatic heterocycles. The molecule has 0 aromatic rings. The Morgan fingerprint density at radius 1 is 1.12 bits per heavy atom. The molecule has 2 aliphatic rings. The lowest BCUT2D eigenvalue weighted by atomic mass is 10.0. The molecule has 0 spiro atoms. The third-order valence-corrected chi connectivity index (χ3v) is 3.64. The quantitative estimate of drug-likeness (QED) is 0.728.